The summed E-state index contributed by atoms with van der Waals surface area (Å²) in [5.74, 6) is 1.14. The minimum absolute atomic E-state index is 0.253. The number of methoxy groups -OCH3 is 2. The molecule has 0 aliphatic carbocycles. The molecule has 1 atom stereocenters. The van der Waals surface area contributed by atoms with E-state index >= 15 is 0 Å². The molecular weight excluding hydrogens is 257 g/mol. The van der Waals surface area contributed by atoms with E-state index in [0.717, 1.165) is 5.56 Å². The van der Waals surface area contributed by atoms with Crippen LogP contribution in [0.2, 0.25) is 0 Å². The molecule has 0 heterocycles. The normalized spacial score (nSPS) is 12.0. The van der Waals surface area contributed by atoms with Gasteiger partial charge in [0.25, 0.3) is 0 Å². The molecule has 20 heavy (non-hydrogen) atoms. The summed E-state index contributed by atoms with van der Waals surface area (Å²) in [7, 11) is 4.98. The molecule has 3 nitrogen and oxygen atoms in total. The van der Waals surface area contributed by atoms with Crippen molar-refractivity contribution in [2.45, 2.75) is 6.04 Å². The Kier molecular flexibility index (Phi) is 4.58. The summed E-state index contributed by atoms with van der Waals surface area (Å²) >= 11 is 0. The van der Waals surface area contributed by atoms with Gasteiger partial charge < -0.3 is 14.8 Å². The summed E-state index contributed by atoms with van der Waals surface area (Å²) in [5.41, 5.74) is 1.40. The average molecular weight is 275 g/mol. The van der Waals surface area contributed by atoms with E-state index in [1.54, 1.807) is 33.4 Å². The van der Waals surface area contributed by atoms with Crippen LogP contribution in [0.15, 0.2) is 42.5 Å². The molecule has 0 saturated heterocycles. The van der Waals surface area contributed by atoms with Crippen LogP contribution in [-0.2, 0) is 0 Å². The first-order valence-electron chi connectivity index (χ1n) is 6.35. The maximum atomic E-state index is 14.0. The van der Waals surface area contributed by atoms with Gasteiger partial charge in [-0.2, -0.15) is 0 Å². The first kappa shape index (κ1) is 14.3. The summed E-state index contributed by atoms with van der Waals surface area (Å²) in [5, 5.41) is 3.13. The first-order chi connectivity index (χ1) is 9.71. The van der Waals surface area contributed by atoms with Gasteiger partial charge in [0.15, 0.2) is 0 Å². The Labute approximate surface area is 118 Å². The number of rotatable bonds is 5. The highest BCUT2D eigenvalue weighted by Gasteiger charge is 2.20. The van der Waals surface area contributed by atoms with Crippen molar-refractivity contribution in [1.29, 1.82) is 0 Å². The minimum Gasteiger partial charge on any atom is -0.497 e. The second-order valence-electron chi connectivity index (χ2n) is 4.35. The van der Waals surface area contributed by atoms with Crippen LogP contribution in [0.5, 0.6) is 11.5 Å². The standard InChI is InChI=1S/C16H18FNO2/c1-18-16(12-6-4-5-7-14(12)17)13-10-11(19-2)8-9-15(13)20-3/h4-10,16,18H,1-3H3. The Hall–Kier alpha value is -2.07. The summed E-state index contributed by atoms with van der Waals surface area (Å²) in [6, 6.07) is 11.9. The van der Waals surface area contributed by atoms with Gasteiger partial charge in [0.1, 0.15) is 17.3 Å². The van der Waals surface area contributed by atoms with Gasteiger partial charge in [0.2, 0.25) is 0 Å². The molecule has 0 spiro atoms. The first-order valence-corrected chi connectivity index (χ1v) is 6.35. The fraction of sp³-hybridized carbons (Fsp3) is 0.250. The van der Waals surface area contributed by atoms with Crippen molar-refractivity contribution in [2.75, 3.05) is 21.3 Å². The molecular formula is C16H18FNO2. The zero-order chi connectivity index (χ0) is 14.5. The van der Waals surface area contributed by atoms with Gasteiger partial charge in [-0.15, -0.1) is 0 Å². The van der Waals surface area contributed by atoms with Crippen molar-refractivity contribution < 1.29 is 13.9 Å². The number of nitrogens with one attached hydrogen (secondary N) is 1. The van der Waals surface area contributed by atoms with Crippen LogP contribution in [0, 0.1) is 5.82 Å². The van der Waals surface area contributed by atoms with Gasteiger partial charge >= 0.3 is 0 Å². The van der Waals surface area contributed by atoms with Crippen molar-refractivity contribution in [3.8, 4) is 11.5 Å². The van der Waals surface area contributed by atoms with E-state index < -0.39 is 0 Å². The lowest BCUT2D eigenvalue weighted by Gasteiger charge is -2.21. The van der Waals surface area contributed by atoms with E-state index in [1.165, 1.54) is 6.07 Å². The van der Waals surface area contributed by atoms with Crippen molar-refractivity contribution >= 4 is 0 Å². The number of ether oxygens (including phenoxy) is 2. The number of halogens is 1. The summed E-state index contributed by atoms with van der Waals surface area (Å²) in [6.07, 6.45) is 0. The second kappa shape index (κ2) is 6.39. The molecule has 0 amide bonds. The van der Waals surface area contributed by atoms with Crippen molar-refractivity contribution in [2.24, 2.45) is 0 Å². The second-order valence-corrected chi connectivity index (χ2v) is 4.35. The molecule has 2 aromatic rings. The highest BCUT2D eigenvalue weighted by Crippen LogP contribution is 2.33. The van der Waals surface area contributed by atoms with Crippen LogP contribution < -0.4 is 14.8 Å². The highest BCUT2D eigenvalue weighted by atomic mass is 19.1. The van der Waals surface area contributed by atoms with Crippen LogP contribution in [0.1, 0.15) is 17.2 Å². The third-order valence-electron chi connectivity index (χ3n) is 3.25. The van der Waals surface area contributed by atoms with Gasteiger partial charge in [0.05, 0.1) is 20.3 Å². The van der Waals surface area contributed by atoms with Crippen molar-refractivity contribution in [1.82, 2.24) is 5.32 Å². The van der Waals surface area contributed by atoms with E-state index in [-0.39, 0.29) is 11.9 Å². The van der Waals surface area contributed by atoms with Gasteiger partial charge in [0, 0.05) is 11.1 Å². The summed E-state index contributed by atoms with van der Waals surface area (Å²) < 4.78 is 24.6. The van der Waals surface area contributed by atoms with E-state index in [0.29, 0.717) is 17.1 Å². The molecule has 106 valence electrons. The monoisotopic (exact) mass is 275 g/mol. The Morgan fingerprint density at radius 3 is 2.35 bits per heavy atom. The maximum Gasteiger partial charge on any atom is 0.128 e. The Morgan fingerprint density at radius 2 is 1.75 bits per heavy atom. The van der Waals surface area contributed by atoms with Crippen LogP contribution in [0.25, 0.3) is 0 Å². The van der Waals surface area contributed by atoms with E-state index in [2.05, 4.69) is 5.32 Å². The van der Waals surface area contributed by atoms with Crippen LogP contribution >= 0.6 is 0 Å². The van der Waals surface area contributed by atoms with Gasteiger partial charge in [-0.05, 0) is 31.3 Å². The average Bonchev–Trinajstić information content (AvgIpc) is 2.49. The molecule has 1 unspecified atom stereocenters. The van der Waals surface area contributed by atoms with Gasteiger partial charge in [-0.3, -0.25) is 0 Å². The lowest BCUT2D eigenvalue weighted by atomic mass is 9.97. The molecule has 0 aliphatic heterocycles. The smallest absolute Gasteiger partial charge is 0.128 e. The Balaban J connectivity index is 2.54. The summed E-state index contributed by atoms with van der Waals surface area (Å²) in [6.45, 7) is 0. The fourth-order valence-electron chi connectivity index (χ4n) is 2.25. The van der Waals surface area contributed by atoms with Crippen molar-refractivity contribution in [3.63, 3.8) is 0 Å². The van der Waals surface area contributed by atoms with E-state index in [4.69, 9.17) is 9.47 Å². The lowest BCUT2D eigenvalue weighted by molar-refractivity contribution is 0.394. The quantitative estimate of drug-likeness (QED) is 0.909. The molecule has 0 aliphatic rings. The Morgan fingerprint density at radius 1 is 1.00 bits per heavy atom. The largest absolute Gasteiger partial charge is 0.497 e. The molecule has 2 aromatic carbocycles. The highest BCUT2D eigenvalue weighted by molar-refractivity contribution is 5.46. The lowest BCUT2D eigenvalue weighted by Crippen LogP contribution is -2.19. The molecule has 1 N–H and O–H groups in total. The predicted octanol–water partition coefficient (Wildman–Crippen LogP) is 3.15. The Bertz CT molecular complexity index is 586. The molecule has 0 bridgehead atoms. The molecule has 2 rings (SSSR count). The third-order valence-corrected chi connectivity index (χ3v) is 3.25. The molecule has 0 saturated carbocycles. The van der Waals surface area contributed by atoms with Gasteiger partial charge in [-0.25, -0.2) is 4.39 Å². The zero-order valence-electron chi connectivity index (χ0n) is 11.8. The minimum atomic E-state index is -0.304. The zero-order valence-corrected chi connectivity index (χ0v) is 11.8. The van der Waals surface area contributed by atoms with Crippen molar-refractivity contribution in [3.05, 3.63) is 59.4 Å². The van der Waals surface area contributed by atoms with Crippen LogP contribution in [-0.4, -0.2) is 21.3 Å². The van der Waals surface area contributed by atoms with Crippen LogP contribution in [0.3, 0.4) is 0 Å². The van der Waals surface area contributed by atoms with E-state index in [9.17, 15) is 4.39 Å². The molecule has 0 fully saturated rings. The topological polar surface area (TPSA) is 30.5 Å². The number of benzene rings is 2. The van der Waals surface area contributed by atoms with Gasteiger partial charge in [-0.1, -0.05) is 18.2 Å². The SMILES string of the molecule is CNC(c1ccccc1F)c1cc(OC)ccc1OC. The molecule has 4 heteroatoms. The third kappa shape index (κ3) is 2.75. The number of hydrogen-bond acceptors (Lipinski definition) is 3. The fourth-order valence-corrected chi connectivity index (χ4v) is 2.25. The maximum absolute atomic E-state index is 14.0. The summed E-state index contributed by atoms with van der Waals surface area (Å²) in [4.78, 5) is 0. The molecule has 0 radical (unpaired) electrons. The number of hydrogen-bond donors (Lipinski definition) is 1. The van der Waals surface area contributed by atoms with E-state index in [1.807, 2.05) is 24.3 Å². The predicted molar refractivity (Wildman–Crippen MR) is 76.8 cm³/mol. The van der Waals surface area contributed by atoms with Crippen LogP contribution in [0.4, 0.5) is 4.39 Å². The molecule has 0 aromatic heterocycles.